The van der Waals surface area contributed by atoms with Gasteiger partial charge in [-0.2, -0.15) is 5.10 Å². The Hall–Kier alpha value is -2.47. The molecule has 138 valence electrons. The molecule has 1 aromatic carbocycles. The number of amides is 1. The van der Waals surface area contributed by atoms with Gasteiger partial charge in [0, 0.05) is 24.7 Å². The fraction of sp³-hybridized carbons (Fsp3) is 0.368. The van der Waals surface area contributed by atoms with Gasteiger partial charge in [0.15, 0.2) is 11.5 Å². The largest absolute Gasteiger partial charge is 0.454 e. The zero-order valence-corrected chi connectivity index (χ0v) is 15.8. The lowest BCUT2D eigenvalue weighted by Gasteiger charge is -2.05. The van der Waals surface area contributed by atoms with Crippen LogP contribution in [0.25, 0.3) is 6.08 Å². The minimum atomic E-state index is -0.199. The first kappa shape index (κ1) is 18.3. The smallest absolute Gasteiger partial charge is 0.244 e. The Labute approximate surface area is 157 Å². The summed E-state index contributed by atoms with van der Waals surface area (Å²) in [4.78, 5) is 12.1. The lowest BCUT2D eigenvalue weighted by molar-refractivity contribution is -0.116. The number of hydrogen-bond acceptors (Lipinski definition) is 4. The highest BCUT2D eigenvalue weighted by Gasteiger charge is 2.14. The van der Waals surface area contributed by atoms with Gasteiger partial charge in [0.1, 0.15) is 5.15 Å². The third kappa shape index (κ3) is 4.19. The van der Waals surface area contributed by atoms with Crippen molar-refractivity contribution in [2.45, 2.75) is 33.9 Å². The molecule has 2 aromatic rings. The molecule has 1 aliphatic heterocycles. The average molecular weight is 376 g/mol. The van der Waals surface area contributed by atoms with Crippen LogP contribution in [0.1, 0.15) is 30.7 Å². The number of carbonyl (C=O) groups excluding carboxylic acids is 1. The summed E-state index contributed by atoms with van der Waals surface area (Å²) in [6.07, 6.45) is 3.18. The number of benzene rings is 1. The molecule has 1 amide bonds. The highest BCUT2D eigenvalue weighted by atomic mass is 35.5. The van der Waals surface area contributed by atoms with Crippen LogP contribution >= 0.6 is 11.6 Å². The third-order valence-electron chi connectivity index (χ3n) is 3.95. The van der Waals surface area contributed by atoms with Crippen molar-refractivity contribution in [1.82, 2.24) is 15.1 Å². The molecule has 7 heteroatoms. The molecule has 3 rings (SSSR count). The van der Waals surface area contributed by atoms with E-state index in [0.717, 1.165) is 29.1 Å². The van der Waals surface area contributed by atoms with Crippen LogP contribution in [0.3, 0.4) is 0 Å². The highest BCUT2D eigenvalue weighted by Crippen LogP contribution is 2.32. The fourth-order valence-electron chi connectivity index (χ4n) is 2.68. The number of nitrogens with one attached hydrogen (secondary N) is 1. The molecule has 1 N–H and O–H groups in total. The lowest BCUT2D eigenvalue weighted by Crippen LogP contribution is -2.20. The topological polar surface area (TPSA) is 65.4 Å². The molecule has 0 spiro atoms. The molecule has 0 saturated heterocycles. The van der Waals surface area contributed by atoms with E-state index >= 15 is 0 Å². The van der Waals surface area contributed by atoms with Crippen molar-refractivity contribution in [2.75, 3.05) is 6.79 Å². The van der Waals surface area contributed by atoms with Crippen molar-refractivity contribution in [2.24, 2.45) is 5.92 Å². The molecule has 26 heavy (non-hydrogen) atoms. The van der Waals surface area contributed by atoms with Gasteiger partial charge in [-0.1, -0.05) is 31.5 Å². The van der Waals surface area contributed by atoms with Crippen LogP contribution in [-0.4, -0.2) is 22.5 Å². The Bertz CT molecular complexity index is 843. The fourth-order valence-corrected chi connectivity index (χ4v) is 2.99. The minimum absolute atomic E-state index is 0.199. The summed E-state index contributed by atoms with van der Waals surface area (Å²) < 4.78 is 12.4. The third-order valence-corrected chi connectivity index (χ3v) is 4.35. The zero-order valence-electron chi connectivity index (χ0n) is 15.1. The SMILES string of the molecule is Cc1nn(CC(C)C)c(Cl)c1/C=C/C(=O)NCc1ccc2c(c1)OCO2. The van der Waals surface area contributed by atoms with E-state index in [1.165, 1.54) is 6.08 Å². The van der Waals surface area contributed by atoms with Crippen LogP contribution < -0.4 is 14.8 Å². The zero-order chi connectivity index (χ0) is 18.7. The summed E-state index contributed by atoms with van der Waals surface area (Å²) >= 11 is 6.38. The van der Waals surface area contributed by atoms with E-state index in [9.17, 15) is 4.79 Å². The van der Waals surface area contributed by atoms with Crippen molar-refractivity contribution >= 4 is 23.6 Å². The van der Waals surface area contributed by atoms with Crippen molar-refractivity contribution in [3.63, 3.8) is 0 Å². The van der Waals surface area contributed by atoms with Gasteiger partial charge < -0.3 is 14.8 Å². The van der Waals surface area contributed by atoms with Crippen molar-refractivity contribution in [3.8, 4) is 11.5 Å². The Morgan fingerprint density at radius 3 is 2.92 bits per heavy atom. The summed E-state index contributed by atoms with van der Waals surface area (Å²) in [7, 11) is 0. The second-order valence-electron chi connectivity index (χ2n) is 6.60. The first-order valence-electron chi connectivity index (χ1n) is 8.51. The van der Waals surface area contributed by atoms with Gasteiger partial charge in [-0.15, -0.1) is 0 Å². The molecule has 0 bridgehead atoms. The minimum Gasteiger partial charge on any atom is -0.454 e. The maximum Gasteiger partial charge on any atom is 0.244 e. The van der Waals surface area contributed by atoms with Gasteiger partial charge in [0.25, 0.3) is 0 Å². The van der Waals surface area contributed by atoms with Crippen LogP contribution in [0.2, 0.25) is 5.15 Å². The number of fused-ring (bicyclic) bond motifs is 1. The molecular weight excluding hydrogens is 354 g/mol. The molecule has 1 aliphatic rings. The molecule has 2 heterocycles. The van der Waals surface area contributed by atoms with E-state index in [0.29, 0.717) is 23.4 Å². The first-order valence-corrected chi connectivity index (χ1v) is 8.89. The van der Waals surface area contributed by atoms with E-state index in [2.05, 4.69) is 24.3 Å². The van der Waals surface area contributed by atoms with Gasteiger partial charge in [0.2, 0.25) is 12.7 Å². The Morgan fingerprint density at radius 1 is 1.38 bits per heavy atom. The predicted octanol–water partition coefficient (Wildman–Crippen LogP) is 3.56. The average Bonchev–Trinajstić information content (AvgIpc) is 3.15. The number of nitrogens with zero attached hydrogens (tertiary/aromatic N) is 2. The number of aromatic nitrogens is 2. The van der Waals surface area contributed by atoms with Gasteiger partial charge in [-0.05, 0) is 36.6 Å². The Balaban J connectivity index is 1.60. The molecule has 0 saturated carbocycles. The number of aryl methyl sites for hydroxylation is 1. The van der Waals surface area contributed by atoms with Crippen molar-refractivity contribution in [1.29, 1.82) is 0 Å². The predicted molar refractivity (Wildman–Crippen MR) is 100 cm³/mol. The van der Waals surface area contributed by atoms with E-state index < -0.39 is 0 Å². The number of hydrogen-bond donors (Lipinski definition) is 1. The number of rotatable bonds is 6. The lowest BCUT2D eigenvalue weighted by atomic mass is 10.2. The molecule has 0 aliphatic carbocycles. The maximum atomic E-state index is 12.1. The second-order valence-corrected chi connectivity index (χ2v) is 6.96. The van der Waals surface area contributed by atoms with Crippen LogP contribution in [-0.2, 0) is 17.9 Å². The molecule has 0 unspecified atom stereocenters. The highest BCUT2D eigenvalue weighted by molar-refractivity contribution is 6.31. The number of carbonyl (C=O) groups is 1. The van der Waals surface area contributed by atoms with E-state index in [1.54, 1.807) is 10.8 Å². The first-order chi connectivity index (χ1) is 12.4. The van der Waals surface area contributed by atoms with E-state index in [4.69, 9.17) is 21.1 Å². The van der Waals surface area contributed by atoms with Crippen LogP contribution in [0, 0.1) is 12.8 Å². The summed E-state index contributed by atoms with van der Waals surface area (Å²) in [6, 6.07) is 5.60. The Kier molecular flexibility index (Phi) is 5.52. The molecule has 1 aromatic heterocycles. The van der Waals surface area contributed by atoms with E-state index in [-0.39, 0.29) is 12.7 Å². The molecule has 0 radical (unpaired) electrons. The summed E-state index contributed by atoms with van der Waals surface area (Å²) in [6.45, 7) is 7.47. The van der Waals surface area contributed by atoms with Gasteiger partial charge in [0.05, 0.1) is 5.69 Å². The van der Waals surface area contributed by atoms with Crippen LogP contribution in [0.4, 0.5) is 0 Å². The monoisotopic (exact) mass is 375 g/mol. The van der Waals surface area contributed by atoms with Crippen molar-refractivity contribution < 1.29 is 14.3 Å². The molecular formula is C19H22ClN3O3. The summed E-state index contributed by atoms with van der Waals surface area (Å²) in [5.74, 6) is 1.67. The number of ether oxygens (including phenoxy) is 2. The molecule has 6 nitrogen and oxygen atoms in total. The van der Waals surface area contributed by atoms with Crippen LogP contribution in [0.5, 0.6) is 11.5 Å². The quantitative estimate of drug-likeness (QED) is 0.784. The van der Waals surface area contributed by atoms with Gasteiger partial charge >= 0.3 is 0 Å². The molecule has 0 atom stereocenters. The van der Waals surface area contributed by atoms with Gasteiger partial charge in [-0.25, -0.2) is 0 Å². The van der Waals surface area contributed by atoms with E-state index in [1.807, 2.05) is 25.1 Å². The maximum absolute atomic E-state index is 12.1. The normalized spacial score (nSPS) is 13.0. The number of halogens is 1. The Morgan fingerprint density at radius 2 is 2.15 bits per heavy atom. The van der Waals surface area contributed by atoms with Crippen molar-refractivity contribution in [3.05, 3.63) is 46.2 Å². The van der Waals surface area contributed by atoms with Gasteiger partial charge in [-0.3, -0.25) is 9.48 Å². The summed E-state index contributed by atoms with van der Waals surface area (Å²) in [5, 5.41) is 7.83. The second kappa shape index (κ2) is 7.83. The molecule has 0 fully saturated rings. The summed E-state index contributed by atoms with van der Waals surface area (Å²) in [5.41, 5.74) is 2.51. The van der Waals surface area contributed by atoms with Crippen LogP contribution in [0.15, 0.2) is 24.3 Å². The standard InChI is InChI=1S/C19H22ClN3O3/c1-12(2)10-23-19(20)15(13(3)22-23)5-7-18(24)21-9-14-4-6-16-17(8-14)26-11-25-16/h4-8,12H,9-11H2,1-3H3,(H,21,24)/b7-5+.